The quantitative estimate of drug-likeness (QED) is 0.864. The van der Waals surface area contributed by atoms with Crippen molar-refractivity contribution in [3.8, 4) is 11.4 Å². The molecule has 1 N–H and O–H groups in total. The topological polar surface area (TPSA) is 84.2 Å². The van der Waals surface area contributed by atoms with E-state index >= 15 is 0 Å². The molecular formula is C18H25N5O2. The van der Waals surface area contributed by atoms with E-state index in [9.17, 15) is 4.79 Å². The van der Waals surface area contributed by atoms with Crippen molar-refractivity contribution in [3.63, 3.8) is 0 Å². The first-order chi connectivity index (χ1) is 12.1. The monoisotopic (exact) mass is 343 g/mol. The third-order valence-electron chi connectivity index (χ3n) is 4.60. The Bertz CT molecular complexity index is 678. The van der Waals surface area contributed by atoms with E-state index in [0.717, 1.165) is 31.5 Å². The molecule has 0 spiro atoms. The third kappa shape index (κ3) is 4.85. The Balaban J connectivity index is 1.43. The number of carbonyl (C=O) groups is 1. The van der Waals surface area contributed by atoms with E-state index in [-0.39, 0.29) is 11.9 Å². The largest absolute Gasteiger partial charge is 0.353 e. The molecule has 1 aliphatic heterocycles. The molecule has 7 heteroatoms. The fourth-order valence-electron chi connectivity index (χ4n) is 3.06. The van der Waals surface area contributed by atoms with Gasteiger partial charge in [0.05, 0.1) is 0 Å². The van der Waals surface area contributed by atoms with E-state index in [1.807, 2.05) is 12.1 Å². The second-order valence-electron chi connectivity index (χ2n) is 6.72. The number of piperidine rings is 1. The van der Waals surface area contributed by atoms with Gasteiger partial charge in [0, 0.05) is 56.0 Å². The molecule has 7 nitrogen and oxygen atoms in total. The van der Waals surface area contributed by atoms with Gasteiger partial charge in [-0.2, -0.15) is 4.98 Å². The lowest BCUT2D eigenvalue weighted by Gasteiger charge is -2.34. The summed E-state index contributed by atoms with van der Waals surface area (Å²) in [6.07, 6.45) is 6.21. The molecule has 3 heterocycles. The molecule has 0 unspecified atom stereocenters. The van der Waals surface area contributed by atoms with E-state index in [2.05, 4.69) is 39.2 Å². The second-order valence-corrected chi connectivity index (χ2v) is 6.72. The average Bonchev–Trinajstić information content (AvgIpc) is 3.10. The maximum atomic E-state index is 12.2. The molecule has 2 aromatic rings. The summed E-state index contributed by atoms with van der Waals surface area (Å²) >= 11 is 0. The van der Waals surface area contributed by atoms with Gasteiger partial charge in [0.15, 0.2) is 0 Å². The van der Waals surface area contributed by atoms with Gasteiger partial charge >= 0.3 is 0 Å². The average molecular weight is 343 g/mol. The van der Waals surface area contributed by atoms with Crippen LogP contribution in [0.1, 0.15) is 39.0 Å². The number of likely N-dealkylation sites (tertiary alicyclic amines) is 1. The van der Waals surface area contributed by atoms with Gasteiger partial charge < -0.3 is 14.7 Å². The highest BCUT2D eigenvalue weighted by Gasteiger charge is 2.22. The molecule has 134 valence electrons. The third-order valence-corrected chi connectivity index (χ3v) is 4.60. The zero-order valence-corrected chi connectivity index (χ0v) is 14.8. The van der Waals surface area contributed by atoms with Crippen LogP contribution in [0, 0.1) is 0 Å². The minimum atomic E-state index is 0.0478. The fourth-order valence-corrected chi connectivity index (χ4v) is 3.06. The van der Waals surface area contributed by atoms with E-state index in [4.69, 9.17) is 4.52 Å². The number of hydrogen-bond acceptors (Lipinski definition) is 6. The van der Waals surface area contributed by atoms with Gasteiger partial charge in [-0.1, -0.05) is 5.16 Å². The Labute approximate surface area is 147 Å². The first-order valence-electron chi connectivity index (χ1n) is 8.88. The van der Waals surface area contributed by atoms with Crippen LogP contribution >= 0.6 is 0 Å². The SMILES string of the molecule is CC(C)N1CCC(NC(=O)CCc2nc(-c3ccncc3)no2)CC1. The molecule has 2 aromatic heterocycles. The molecule has 0 atom stereocenters. The van der Waals surface area contributed by atoms with Crippen molar-refractivity contribution < 1.29 is 9.32 Å². The van der Waals surface area contributed by atoms with Crippen molar-refractivity contribution >= 4 is 5.91 Å². The van der Waals surface area contributed by atoms with Crippen LogP contribution in [0.5, 0.6) is 0 Å². The Morgan fingerprint density at radius 3 is 2.72 bits per heavy atom. The van der Waals surface area contributed by atoms with Crippen LogP contribution in [0.3, 0.4) is 0 Å². The van der Waals surface area contributed by atoms with Crippen molar-refractivity contribution in [2.45, 2.75) is 51.6 Å². The first kappa shape index (κ1) is 17.5. The molecule has 1 amide bonds. The Kier molecular flexibility index (Phi) is 5.75. The minimum absolute atomic E-state index is 0.0478. The Morgan fingerprint density at radius 2 is 2.04 bits per heavy atom. The van der Waals surface area contributed by atoms with Crippen LogP contribution in [0.25, 0.3) is 11.4 Å². The number of hydrogen-bond donors (Lipinski definition) is 1. The molecule has 1 fully saturated rings. The Hall–Kier alpha value is -2.28. The molecule has 0 aliphatic carbocycles. The predicted octanol–water partition coefficient (Wildman–Crippen LogP) is 2.05. The van der Waals surface area contributed by atoms with Gasteiger partial charge in [-0.05, 0) is 38.8 Å². The van der Waals surface area contributed by atoms with Gasteiger partial charge in [-0.3, -0.25) is 9.78 Å². The standard InChI is InChI=1S/C18H25N5O2/c1-13(2)23-11-7-15(8-12-23)20-16(24)3-4-17-21-18(22-25-17)14-5-9-19-10-6-14/h5-6,9-10,13,15H,3-4,7-8,11-12H2,1-2H3,(H,20,24). The molecule has 1 aliphatic rings. The molecule has 0 radical (unpaired) electrons. The Morgan fingerprint density at radius 1 is 1.32 bits per heavy atom. The zero-order chi connectivity index (χ0) is 17.6. The van der Waals surface area contributed by atoms with Crippen LogP contribution in [0.4, 0.5) is 0 Å². The molecule has 1 saturated heterocycles. The van der Waals surface area contributed by atoms with Crippen molar-refractivity contribution in [2.24, 2.45) is 0 Å². The van der Waals surface area contributed by atoms with Gasteiger partial charge in [0.25, 0.3) is 0 Å². The number of nitrogens with one attached hydrogen (secondary N) is 1. The molecular weight excluding hydrogens is 318 g/mol. The summed E-state index contributed by atoms with van der Waals surface area (Å²) in [5, 5.41) is 7.08. The van der Waals surface area contributed by atoms with E-state index < -0.39 is 0 Å². The number of nitrogens with zero attached hydrogens (tertiary/aromatic N) is 4. The van der Waals surface area contributed by atoms with Crippen molar-refractivity contribution in [3.05, 3.63) is 30.4 Å². The summed E-state index contributed by atoms with van der Waals surface area (Å²) in [6, 6.07) is 4.50. The summed E-state index contributed by atoms with van der Waals surface area (Å²) in [5.41, 5.74) is 0.853. The smallest absolute Gasteiger partial charge is 0.227 e. The number of amides is 1. The second kappa shape index (κ2) is 8.20. The summed E-state index contributed by atoms with van der Waals surface area (Å²) in [6.45, 7) is 6.51. The first-order valence-corrected chi connectivity index (χ1v) is 8.88. The maximum Gasteiger partial charge on any atom is 0.227 e. The van der Waals surface area contributed by atoms with Gasteiger partial charge in [-0.25, -0.2) is 0 Å². The van der Waals surface area contributed by atoms with Crippen molar-refractivity contribution in [1.29, 1.82) is 0 Å². The number of rotatable bonds is 6. The molecule has 0 saturated carbocycles. The van der Waals surface area contributed by atoms with Crippen LogP contribution in [0.2, 0.25) is 0 Å². The summed E-state index contributed by atoms with van der Waals surface area (Å²) in [4.78, 5) is 22.9. The molecule has 3 rings (SSSR count). The van der Waals surface area contributed by atoms with Crippen LogP contribution < -0.4 is 5.32 Å². The zero-order valence-electron chi connectivity index (χ0n) is 14.8. The number of aryl methyl sites for hydroxylation is 1. The lowest BCUT2D eigenvalue weighted by molar-refractivity contribution is -0.122. The van der Waals surface area contributed by atoms with Gasteiger partial charge in [0.2, 0.25) is 17.6 Å². The minimum Gasteiger partial charge on any atom is -0.353 e. The maximum absolute atomic E-state index is 12.2. The lowest BCUT2D eigenvalue weighted by Crippen LogP contribution is -2.46. The fraction of sp³-hybridized carbons (Fsp3) is 0.556. The highest BCUT2D eigenvalue weighted by molar-refractivity contribution is 5.76. The predicted molar refractivity (Wildman–Crippen MR) is 93.7 cm³/mol. The summed E-state index contributed by atoms with van der Waals surface area (Å²) in [7, 11) is 0. The van der Waals surface area contributed by atoms with E-state index in [1.165, 1.54) is 0 Å². The highest BCUT2D eigenvalue weighted by atomic mass is 16.5. The molecule has 0 bridgehead atoms. The van der Waals surface area contributed by atoms with Gasteiger partial charge in [0.1, 0.15) is 0 Å². The summed E-state index contributed by atoms with van der Waals surface area (Å²) < 4.78 is 5.23. The molecule has 25 heavy (non-hydrogen) atoms. The van der Waals surface area contributed by atoms with Crippen LogP contribution in [-0.4, -0.2) is 51.1 Å². The van der Waals surface area contributed by atoms with Crippen LogP contribution in [-0.2, 0) is 11.2 Å². The number of carbonyl (C=O) groups excluding carboxylic acids is 1. The van der Waals surface area contributed by atoms with Gasteiger partial charge in [-0.15, -0.1) is 0 Å². The van der Waals surface area contributed by atoms with Crippen LogP contribution in [0.15, 0.2) is 29.0 Å². The number of aromatic nitrogens is 3. The van der Waals surface area contributed by atoms with Crippen molar-refractivity contribution in [2.75, 3.05) is 13.1 Å². The highest BCUT2D eigenvalue weighted by Crippen LogP contribution is 2.15. The summed E-state index contributed by atoms with van der Waals surface area (Å²) in [5.74, 6) is 1.06. The van der Waals surface area contributed by atoms with Crippen molar-refractivity contribution in [1.82, 2.24) is 25.3 Å². The normalized spacial score (nSPS) is 16.3. The number of pyridine rings is 1. The van der Waals surface area contributed by atoms with E-state index in [1.54, 1.807) is 12.4 Å². The lowest BCUT2D eigenvalue weighted by atomic mass is 10.0. The molecule has 0 aromatic carbocycles. The van der Waals surface area contributed by atoms with E-state index in [0.29, 0.717) is 30.6 Å².